The van der Waals surface area contributed by atoms with Gasteiger partial charge in [-0.05, 0) is 40.4 Å². The Morgan fingerprint density at radius 3 is 2.11 bits per heavy atom. The van der Waals surface area contributed by atoms with E-state index in [1.165, 1.54) is 0 Å². The zero-order valence-electron chi connectivity index (χ0n) is 11.9. The van der Waals surface area contributed by atoms with Gasteiger partial charge in [-0.1, -0.05) is 6.58 Å². The van der Waals surface area contributed by atoms with Crippen LogP contribution in [-0.2, 0) is 14.9 Å². The largest absolute Gasteiger partial charge is 0.339 e. The van der Waals surface area contributed by atoms with E-state index in [-0.39, 0.29) is 18.1 Å². The standard InChI is InChI=1S/C12H24N2O4S/c1-11(2)12(15)14(8-5-7-13(3)4)9-6-10-19(16,17)18/h1,5-10H2,2-4H3,(H,16,17,18). The number of hydrogen-bond donors (Lipinski definition) is 1. The number of amides is 1. The predicted octanol–water partition coefficient (Wildman–Crippen LogP) is 0.621. The summed E-state index contributed by atoms with van der Waals surface area (Å²) in [7, 11) is -0.0730. The second kappa shape index (κ2) is 8.29. The smallest absolute Gasteiger partial charge is 0.264 e. The Morgan fingerprint density at radius 2 is 1.68 bits per heavy atom. The van der Waals surface area contributed by atoms with Gasteiger partial charge in [-0.25, -0.2) is 0 Å². The van der Waals surface area contributed by atoms with Crippen molar-refractivity contribution in [1.82, 2.24) is 9.80 Å². The van der Waals surface area contributed by atoms with Crippen LogP contribution >= 0.6 is 0 Å². The van der Waals surface area contributed by atoms with Crippen molar-refractivity contribution in [3.8, 4) is 0 Å². The van der Waals surface area contributed by atoms with E-state index in [2.05, 4.69) is 6.58 Å². The molecule has 0 aliphatic carbocycles. The molecule has 0 radical (unpaired) electrons. The van der Waals surface area contributed by atoms with Crippen LogP contribution in [0.5, 0.6) is 0 Å². The van der Waals surface area contributed by atoms with Gasteiger partial charge in [0.25, 0.3) is 10.1 Å². The highest BCUT2D eigenvalue weighted by Crippen LogP contribution is 2.03. The first-order valence-electron chi connectivity index (χ1n) is 6.18. The number of hydrogen-bond acceptors (Lipinski definition) is 4. The number of carbonyl (C=O) groups is 1. The van der Waals surface area contributed by atoms with E-state index in [4.69, 9.17) is 4.55 Å². The van der Waals surface area contributed by atoms with Crippen molar-refractivity contribution in [2.24, 2.45) is 0 Å². The van der Waals surface area contributed by atoms with Crippen LogP contribution in [0.25, 0.3) is 0 Å². The summed E-state index contributed by atoms with van der Waals surface area (Å²) in [6.07, 6.45) is 1.03. The molecule has 0 atom stereocenters. The molecule has 0 spiro atoms. The summed E-state index contributed by atoms with van der Waals surface area (Å²) >= 11 is 0. The van der Waals surface area contributed by atoms with Gasteiger partial charge < -0.3 is 9.80 Å². The molecule has 0 aliphatic rings. The maximum absolute atomic E-state index is 11.9. The van der Waals surface area contributed by atoms with Crippen molar-refractivity contribution >= 4 is 16.0 Å². The molecular formula is C12H24N2O4S. The summed E-state index contributed by atoms with van der Waals surface area (Å²) in [5.74, 6) is -0.505. The van der Waals surface area contributed by atoms with Gasteiger partial charge in [0.2, 0.25) is 5.91 Å². The van der Waals surface area contributed by atoms with Gasteiger partial charge in [-0.3, -0.25) is 9.35 Å². The second-order valence-corrected chi connectivity index (χ2v) is 6.44. The SMILES string of the molecule is C=C(C)C(=O)N(CCCN(C)C)CCCS(=O)(=O)O. The summed E-state index contributed by atoms with van der Waals surface area (Å²) in [4.78, 5) is 15.5. The molecule has 0 unspecified atom stereocenters. The topological polar surface area (TPSA) is 77.9 Å². The minimum Gasteiger partial charge on any atom is -0.339 e. The van der Waals surface area contributed by atoms with Crippen LogP contribution < -0.4 is 0 Å². The van der Waals surface area contributed by atoms with Crippen molar-refractivity contribution in [3.63, 3.8) is 0 Å². The highest BCUT2D eigenvalue weighted by Gasteiger charge is 2.15. The molecule has 0 saturated heterocycles. The Hall–Kier alpha value is -0.920. The van der Waals surface area contributed by atoms with Crippen LogP contribution in [-0.4, -0.2) is 68.2 Å². The fraction of sp³-hybridized carbons (Fsp3) is 0.750. The van der Waals surface area contributed by atoms with Gasteiger partial charge in [0.1, 0.15) is 0 Å². The first kappa shape index (κ1) is 18.1. The Kier molecular flexibility index (Phi) is 7.89. The van der Waals surface area contributed by atoms with Crippen LogP contribution in [0.4, 0.5) is 0 Å². The monoisotopic (exact) mass is 292 g/mol. The van der Waals surface area contributed by atoms with E-state index in [9.17, 15) is 13.2 Å². The van der Waals surface area contributed by atoms with Crippen LogP contribution in [0.15, 0.2) is 12.2 Å². The van der Waals surface area contributed by atoms with Gasteiger partial charge in [0.15, 0.2) is 0 Å². The molecule has 0 aromatic carbocycles. The number of carbonyl (C=O) groups excluding carboxylic acids is 1. The fourth-order valence-electron chi connectivity index (χ4n) is 1.60. The summed E-state index contributed by atoms with van der Waals surface area (Å²) in [5, 5.41) is 0. The molecule has 0 heterocycles. The first-order chi connectivity index (χ1) is 8.63. The molecule has 1 amide bonds. The van der Waals surface area contributed by atoms with Crippen molar-refractivity contribution in [2.45, 2.75) is 19.8 Å². The Balaban J connectivity index is 4.34. The van der Waals surface area contributed by atoms with Crippen LogP contribution in [0.1, 0.15) is 19.8 Å². The van der Waals surface area contributed by atoms with Crippen molar-refractivity contribution in [1.29, 1.82) is 0 Å². The molecule has 0 aromatic rings. The fourth-order valence-corrected chi connectivity index (χ4v) is 2.09. The van der Waals surface area contributed by atoms with E-state index in [0.29, 0.717) is 18.7 Å². The minimum absolute atomic E-state index is 0.172. The molecule has 0 bridgehead atoms. The maximum Gasteiger partial charge on any atom is 0.264 e. The molecule has 0 rings (SSSR count). The van der Waals surface area contributed by atoms with E-state index in [1.807, 2.05) is 19.0 Å². The van der Waals surface area contributed by atoms with E-state index >= 15 is 0 Å². The third-order valence-corrected chi connectivity index (χ3v) is 3.32. The predicted molar refractivity (Wildman–Crippen MR) is 75.6 cm³/mol. The minimum atomic E-state index is -3.97. The highest BCUT2D eigenvalue weighted by atomic mass is 32.2. The van der Waals surface area contributed by atoms with Crippen molar-refractivity contribution in [2.75, 3.05) is 39.5 Å². The Labute approximate surface area is 115 Å². The molecule has 1 N–H and O–H groups in total. The van der Waals surface area contributed by atoms with Crippen LogP contribution in [0, 0.1) is 0 Å². The zero-order valence-corrected chi connectivity index (χ0v) is 12.7. The van der Waals surface area contributed by atoms with Gasteiger partial charge >= 0.3 is 0 Å². The van der Waals surface area contributed by atoms with Crippen LogP contribution in [0.3, 0.4) is 0 Å². The quantitative estimate of drug-likeness (QED) is 0.498. The third-order valence-electron chi connectivity index (χ3n) is 2.52. The summed E-state index contributed by atoms with van der Waals surface area (Å²) in [6.45, 7) is 6.94. The molecule has 0 aromatic heterocycles. The summed E-state index contributed by atoms with van der Waals surface area (Å²) in [6, 6.07) is 0. The number of nitrogens with zero attached hydrogens (tertiary/aromatic N) is 2. The average molecular weight is 292 g/mol. The molecule has 6 nitrogen and oxygen atoms in total. The highest BCUT2D eigenvalue weighted by molar-refractivity contribution is 7.85. The zero-order chi connectivity index (χ0) is 15.1. The lowest BCUT2D eigenvalue weighted by atomic mass is 10.2. The Bertz CT molecular complexity index is 404. The summed E-state index contributed by atoms with van der Waals surface area (Å²) in [5.41, 5.74) is 0.428. The van der Waals surface area contributed by atoms with Gasteiger partial charge in [-0.15, -0.1) is 0 Å². The molecule has 0 fully saturated rings. The van der Waals surface area contributed by atoms with Gasteiger partial charge in [0, 0.05) is 18.7 Å². The van der Waals surface area contributed by atoms with Gasteiger partial charge in [-0.2, -0.15) is 8.42 Å². The molecule has 0 aliphatic heterocycles. The van der Waals surface area contributed by atoms with E-state index in [0.717, 1.165) is 13.0 Å². The van der Waals surface area contributed by atoms with Gasteiger partial charge in [0.05, 0.1) is 5.75 Å². The normalized spacial score (nSPS) is 11.6. The lowest BCUT2D eigenvalue weighted by Gasteiger charge is -2.23. The number of rotatable bonds is 9. The molecule has 0 saturated carbocycles. The lowest BCUT2D eigenvalue weighted by molar-refractivity contribution is -0.127. The molecular weight excluding hydrogens is 268 g/mol. The van der Waals surface area contributed by atoms with Crippen LogP contribution in [0.2, 0.25) is 0 Å². The summed E-state index contributed by atoms with van der Waals surface area (Å²) < 4.78 is 30.0. The molecule has 7 heteroatoms. The van der Waals surface area contributed by atoms with Crippen molar-refractivity contribution in [3.05, 3.63) is 12.2 Å². The molecule has 112 valence electrons. The third kappa shape index (κ3) is 9.63. The maximum atomic E-state index is 11.9. The molecule has 19 heavy (non-hydrogen) atoms. The van der Waals surface area contributed by atoms with E-state index < -0.39 is 10.1 Å². The lowest BCUT2D eigenvalue weighted by Crippen LogP contribution is -2.35. The van der Waals surface area contributed by atoms with Crippen molar-refractivity contribution < 1.29 is 17.8 Å². The average Bonchev–Trinajstić information content (AvgIpc) is 2.23. The van der Waals surface area contributed by atoms with E-state index in [1.54, 1.807) is 11.8 Å². The Morgan fingerprint density at radius 1 is 1.16 bits per heavy atom. The first-order valence-corrected chi connectivity index (χ1v) is 7.79. The second-order valence-electron chi connectivity index (χ2n) is 4.87.